The van der Waals surface area contributed by atoms with Gasteiger partial charge in [-0.1, -0.05) is 59.2 Å². The van der Waals surface area contributed by atoms with Gasteiger partial charge < -0.3 is 6.53 Å². The first kappa shape index (κ1) is 21.9. The van der Waals surface area contributed by atoms with Gasteiger partial charge in [0.25, 0.3) is 0 Å². The number of hydrogen-bond acceptors (Lipinski definition) is 1. The van der Waals surface area contributed by atoms with Crippen molar-refractivity contribution in [2.24, 2.45) is 0 Å². The topological polar surface area (TPSA) is 23.1 Å². The van der Waals surface area contributed by atoms with E-state index in [4.69, 9.17) is 0 Å². The smallest absolute Gasteiger partial charge is 1.00 e. The minimum absolute atomic E-state index is 0. The number of aryl methyl sites for hydroxylation is 1. The molecule has 0 spiro atoms. The maximum absolute atomic E-state index is 12.4. The third-order valence-corrected chi connectivity index (χ3v) is 2.85. The molecule has 0 saturated heterocycles. The predicted octanol–water partition coefficient (Wildman–Crippen LogP) is -2.22. The molecule has 1 nitrogen and oxygen atoms in total. The summed E-state index contributed by atoms with van der Waals surface area (Å²) < 4.78 is 0. The minimum atomic E-state index is -0.0803. The van der Waals surface area contributed by atoms with Crippen molar-refractivity contribution in [2.75, 3.05) is 0 Å². The summed E-state index contributed by atoms with van der Waals surface area (Å²) in [7, 11) is 0. The van der Waals surface area contributed by atoms with E-state index in [1.165, 1.54) is 5.56 Å². The second-order valence-corrected chi connectivity index (χ2v) is 6.69. The van der Waals surface area contributed by atoms with Crippen molar-refractivity contribution >= 4 is 0 Å². The van der Waals surface area contributed by atoms with Gasteiger partial charge in [0.1, 0.15) is 0 Å². The maximum Gasteiger partial charge on any atom is 1.00 e. The van der Waals surface area contributed by atoms with Crippen LogP contribution in [0.1, 0.15) is 59.7 Å². The normalized spacial score (nSPS) is 11.5. The summed E-state index contributed by atoms with van der Waals surface area (Å²) in [4.78, 5) is 0. The zero-order chi connectivity index (χ0) is 12.7. The average molecular weight is 282 g/mol. The van der Waals surface area contributed by atoms with Crippen molar-refractivity contribution in [3.8, 4) is 5.75 Å². The van der Waals surface area contributed by atoms with E-state index < -0.39 is 0 Å². The largest absolute Gasteiger partial charge is 1.00 e. The average Bonchev–Trinajstić information content (AvgIpc) is 2.04. The van der Waals surface area contributed by atoms with Gasteiger partial charge in [-0.15, -0.1) is 5.75 Å². The van der Waals surface area contributed by atoms with Crippen molar-refractivity contribution in [1.82, 2.24) is 0 Å². The molecule has 0 aliphatic heterocycles. The van der Waals surface area contributed by atoms with E-state index >= 15 is 0 Å². The molecule has 0 heterocycles. The maximum atomic E-state index is 12.4. The molecule has 0 unspecified atom stereocenters. The first-order chi connectivity index (χ1) is 7.03. The molecule has 18 heavy (non-hydrogen) atoms. The van der Waals surface area contributed by atoms with E-state index in [1.807, 2.05) is 12.1 Å². The van der Waals surface area contributed by atoms with Gasteiger partial charge in [-0.3, -0.25) is 0 Å². The third kappa shape index (κ3) is 5.57. The minimum Gasteiger partial charge on any atom is -1.00 e. The summed E-state index contributed by atoms with van der Waals surface area (Å²) in [6.07, 6.45) is 0. The Morgan fingerprint density at radius 3 is 1.39 bits per heavy atom. The van der Waals surface area contributed by atoms with E-state index in [9.17, 15) is 5.11 Å². The molecular weight excluding hydrogens is 258 g/mol. The zero-order valence-corrected chi connectivity index (χ0v) is 18.7. The van der Waals surface area contributed by atoms with E-state index in [-0.39, 0.29) is 98.9 Å². The Kier molecular flexibility index (Phi) is 9.27. The summed E-state index contributed by atoms with van der Waals surface area (Å²) in [5, 5.41) is 12.4. The van der Waals surface area contributed by atoms with Crippen molar-refractivity contribution in [3.05, 3.63) is 28.8 Å². The molecule has 0 atom stereocenters. The van der Waals surface area contributed by atoms with Crippen molar-refractivity contribution < 1.29 is 87.5 Å². The van der Waals surface area contributed by atoms with Gasteiger partial charge in [0, 0.05) is 0 Å². The van der Waals surface area contributed by atoms with Crippen LogP contribution in [0.5, 0.6) is 5.75 Å². The van der Waals surface area contributed by atoms with Crippen molar-refractivity contribution in [2.45, 2.75) is 59.3 Å². The molecule has 0 N–H and O–H groups in total. The summed E-state index contributed by atoms with van der Waals surface area (Å²) in [5.74, 6) is 0.214. The molecule has 0 saturated carbocycles. The fourth-order valence-corrected chi connectivity index (χ4v) is 1.89. The Hall–Kier alpha value is 1.66. The van der Waals surface area contributed by atoms with Crippen LogP contribution in [0.4, 0.5) is 0 Å². The molecule has 92 valence electrons. The van der Waals surface area contributed by atoms with E-state index in [1.54, 1.807) is 0 Å². The first-order valence-corrected chi connectivity index (χ1v) is 5.86. The van der Waals surface area contributed by atoms with Crippen LogP contribution in [0.3, 0.4) is 0 Å². The van der Waals surface area contributed by atoms with Crippen LogP contribution in [-0.2, 0) is 10.8 Å². The van der Waals surface area contributed by atoms with Crippen LogP contribution in [0.2, 0.25) is 0 Å². The Morgan fingerprint density at radius 2 is 1.17 bits per heavy atom. The second-order valence-electron chi connectivity index (χ2n) is 6.69. The van der Waals surface area contributed by atoms with Gasteiger partial charge in [-0.25, -0.2) is 0 Å². The second kappa shape index (κ2) is 7.60. The summed E-state index contributed by atoms with van der Waals surface area (Å²) in [6.45, 7) is 14.6. The Labute approximate surface area is 178 Å². The Bertz CT molecular complexity index is 371. The van der Waals surface area contributed by atoms with Gasteiger partial charge in [0.05, 0.1) is 0 Å². The van der Waals surface area contributed by atoms with E-state index in [0.717, 1.165) is 11.1 Å². The molecule has 0 aromatic heterocycles. The molecule has 0 amide bonds. The van der Waals surface area contributed by atoms with Gasteiger partial charge in [0.15, 0.2) is 0 Å². The fraction of sp³-hybridized carbons (Fsp3) is 0.600. The molecule has 1 aromatic carbocycles. The Morgan fingerprint density at radius 1 is 0.889 bits per heavy atom. The quantitative estimate of drug-likeness (QED) is 0.495. The van der Waals surface area contributed by atoms with Crippen LogP contribution in [0.15, 0.2) is 12.1 Å². The number of hydrogen-bond donors (Lipinski definition) is 0. The standard InChI is InChI=1S/C15H24O.K.Na.H/c1-10-8-11(14(2,3)4)13(16)12(9-10)15(5,6)7;;;/h8-9,16H,1-7H3;;;/q;2*+1;-1/p-1. The van der Waals surface area contributed by atoms with Crippen molar-refractivity contribution in [1.29, 1.82) is 0 Å². The molecular formula is C15H24KNaO. The van der Waals surface area contributed by atoms with Gasteiger partial charge in [-0.2, -0.15) is 0 Å². The van der Waals surface area contributed by atoms with Crippen molar-refractivity contribution in [3.63, 3.8) is 0 Å². The summed E-state index contributed by atoms with van der Waals surface area (Å²) >= 11 is 0. The summed E-state index contributed by atoms with van der Waals surface area (Å²) in [6, 6.07) is 4.05. The molecule has 1 rings (SSSR count). The number of rotatable bonds is 0. The Balaban J connectivity index is -0.000000853. The van der Waals surface area contributed by atoms with Gasteiger partial charge in [-0.05, 0) is 28.9 Å². The molecule has 3 heteroatoms. The first-order valence-electron chi connectivity index (χ1n) is 5.86. The number of benzene rings is 1. The molecule has 1 aromatic rings. The molecule has 0 fully saturated rings. The van der Waals surface area contributed by atoms with E-state index in [0.29, 0.717) is 0 Å². The van der Waals surface area contributed by atoms with Gasteiger partial charge in [0.2, 0.25) is 0 Å². The molecule has 0 bridgehead atoms. The van der Waals surface area contributed by atoms with Crippen LogP contribution in [-0.4, -0.2) is 0 Å². The van der Waals surface area contributed by atoms with Crippen LogP contribution >= 0.6 is 0 Å². The molecule has 0 aliphatic carbocycles. The predicted molar refractivity (Wildman–Crippen MR) is 69.1 cm³/mol. The SMILES string of the molecule is Cc1cc(C(C)(C)C)c([O-])c(C(C)(C)C)c1.[H-].[K+].[Na+]. The van der Waals surface area contributed by atoms with Gasteiger partial charge >= 0.3 is 80.9 Å². The van der Waals surface area contributed by atoms with Crippen LogP contribution < -0.4 is 86.0 Å². The monoisotopic (exact) mass is 282 g/mol. The summed E-state index contributed by atoms with van der Waals surface area (Å²) in [5.41, 5.74) is 2.87. The zero-order valence-electron chi connectivity index (χ0n) is 14.6. The van der Waals surface area contributed by atoms with Crippen LogP contribution in [0.25, 0.3) is 0 Å². The molecule has 0 radical (unpaired) electrons. The third-order valence-electron chi connectivity index (χ3n) is 2.85. The molecule has 0 aliphatic rings. The fourth-order valence-electron chi connectivity index (χ4n) is 1.89. The van der Waals surface area contributed by atoms with E-state index in [2.05, 4.69) is 48.5 Å². The van der Waals surface area contributed by atoms with Crippen LogP contribution in [0, 0.1) is 6.92 Å².